The molecule has 18 nitrogen and oxygen atoms in total. The number of carbonyl (C=O) groups is 3. The van der Waals surface area contributed by atoms with Crippen LogP contribution in [-0.2, 0) is 23.6 Å². The lowest BCUT2D eigenvalue weighted by Gasteiger charge is -2.29. The Morgan fingerprint density at radius 2 is 1.26 bits per heavy atom. The Morgan fingerprint density at radius 1 is 0.773 bits per heavy atom. The molecule has 2 aromatic carbocycles. The normalized spacial score (nSPS) is 15.4. The molecule has 0 aliphatic heterocycles. The molecule has 0 radical (unpaired) electrons. The van der Waals surface area contributed by atoms with Crippen molar-refractivity contribution in [2.24, 2.45) is 20.0 Å². The summed E-state index contributed by atoms with van der Waals surface area (Å²) in [7, 11) is 3.44. The van der Waals surface area contributed by atoms with E-state index < -0.39 is 24.8 Å². The van der Waals surface area contributed by atoms with Crippen LogP contribution in [0.4, 0.5) is 17.6 Å². The van der Waals surface area contributed by atoms with Crippen molar-refractivity contribution in [2.45, 2.75) is 77.7 Å². The monoisotopic (exact) mass is 913 g/mol. The Labute approximate surface area is 371 Å². The van der Waals surface area contributed by atoms with Gasteiger partial charge in [0.25, 0.3) is 5.91 Å². The zero-order valence-corrected chi connectivity index (χ0v) is 36.1. The summed E-state index contributed by atoms with van der Waals surface area (Å²) >= 11 is 0. The number of H-pyrrole nitrogens is 2. The number of hydrogen-bond donors (Lipinski definition) is 4. The van der Waals surface area contributed by atoms with E-state index >= 15 is 0 Å². The van der Waals surface area contributed by atoms with Crippen LogP contribution in [0.5, 0.6) is 11.5 Å². The van der Waals surface area contributed by atoms with Gasteiger partial charge >= 0.3 is 25.2 Å². The van der Waals surface area contributed by atoms with Gasteiger partial charge in [-0.3, -0.25) is 19.0 Å². The molecule has 66 heavy (non-hydrogen) atoms. The van der Waals surface area contributed by atoms with Gasteiger partial charge in [0.15, 0.2) is 11.3 Å². The molecular formula is C44H43F4N11O7. The van der Waals surface area contributed by atoms with Gasteiger partial charge in [-0.1, -0.05) is 0 Å². The molecule has 1 amide bonds. The zero-order chi connectivity index (χ0) is 47.0. The second-order valence-electron chi connectivity index (χ2n) is 16.7. The van der Waals surface area contributed by atoms with Crippen molar-refractivity contribution in [1.29, 1.82) is 0 Å². The first-order valence-corrected chi connectivity index (χ1v) is 20.7. The van der Waals surface area contributed by atoms with Gasteiger partial charge in [0.05, 0.1) is 29.0 Å². The Bertz CT molecular complexity index is 3110. The first-order valence-electron chi connectivity index (χ1n) is 20.7. The number of halogens is 4. The number of amides is 1. The molecule has 0 saturated heterocycles. The maximum Gasteiger partial charge on any atom is 0.387 e. The van der Waals surface area contributed by atoms with Gasteiger partial charge in [0.2, 0.25) is 0 Å². The second-order valence-corrected chi connectivity index (χ2v) is 16.7. The first-order chi connectivity index (χ1) is 31.4. The van der Waals surface area contributed by atoms with Crippen LogP contribution in [0.15, 0.2) is 61.2 Å². The second kappa shape index (κ2) is 18.1. The van der Waals surface area contributed by atoms with E-state index in [1.165, 1.54) is 42.9 Å². The smallest absolute Gasteiger partial charge is 0.387 e. The molecule has 344 valence electrons. The summed E-state index contributed by atoms with van der Waals surface area (Å²) in [6.07, 6.45) is 9.41. The number of carboxylic acid groups (broad SMARTS) is 1. The number of hydrogen-bond acceptors (Lipinski definition) is 12. The number of nitrogens with one attached hydrogen (secondary N) is 3. The highest BCUT2D eigenvalue weighted by atomic mass is 19.3. The van der Waals surface area contributed by atoms with E-state index in [4.69, 9.17) is 4.74 Å². The molecule has 1 fully saturated rings. The molecule has 22 heteroatoms. The van der Waals surface area contributed by atoms with Crippen molar-refractivity contribution < 1.29 is 51.3 Å². The topological polar surface area (TPSA) is 230 Å². The lowest BCUT2D eigenvalue weighted by molar-refractivity contribution is -0.156. The third-order valence-corrected chi connectivity index (χ3v) is 10.9. The number of nitrogens with zero attached hydrogens (tertiary/aromatic N) is 8. The van der Waals surface area contributed by atoms with Crippen LogP contribution in [0.3, 0.4) is 0 Å². The Kier molecular flexibility index (Phi) is 12.3. The summed E-state index contributed by atoms with van der Waals surface area (Å²) in [5, 5.41) is 22.3. The van der Waals surface area contributed by atoms with E-state index in [0.29, 0.717) is 73.4 Å². The summed E-state index contributed by atoms with van der Waals surface area (Å²) in [4.78, 5) is 60.0. The SMILES string of the molecule is Cn1nc(-c2cnc3[nH]cc(C(=O)NC4CCC(CC(=O)OC(C)(C)C)CC4)c3n2)c2cc(OC(F)F)ccc21.Cn1nc(-c2cnc3[nH]cc(C(=O)O)c3n2)c2cc(OC(F)F)ccc21. The predicted octanol–water partition coefficient (Wildman–Crippen LogP) is 7.94. The van der Waals surface area contributed by atoms with Crippen LogP contribution < -0.4 is 14.8 Å². The van der Waals surface area contributed by atoms with Gasteiger partial charge in [-0.05, 0) is 88.8 Å². The molecule has 6 heterocycles. The Morgan fingerprint density at radius 3 is 1.73 bits per heavy atom. The molecule has 9 rings (SSSR count). The summed E-state index contributed by atoms with van der Waals surface area (Å²) in [6.45, 7) is -0.322. The minimum atomic E-state index is -2.95. The standard InChI is InChI=1S/C28H32F2N6O4.C16H11F2N5O3/c1-28(2,3)40-22(37)11-15-5-7-16(8-6-15)33-26(38)19-13-31-25-24(19)34-20(14-32-25)23-18-12-17(39-27(29)30)9-10-21(18)36(4)35-23;1-23-11-3-2-7(26-16(17)18)4-8(11)12(22-23)10-6-20-14-13(21-10)9(5-19-14)15(24)25/h9-10,12-16,27H,5-8,11H2,1-4H3,(H,31,32)(H,33,38);2-6,16H,1H3,(H,19,20)(H,24,25). The van der Waals surface area contributed by atoms with Crippen LogP contribution in [0, 0.1) is 5.92 Å². The first kappa shape index (κ1) is 44.9. The average molecular weight is 914 g/mol. The molecule has 0 atom stereocenters. The molecule has 1 aliphatic carbocycles. The summed E-state index contributed by atoms with van der Waals surface area (Å²) < 4.78 is 68.1. The number of aryl methyl sites for hydroxylation is 2. The molecule has 1 saturated carbocycles. The van der Waals surface area contributed by atoms with Gasteiger partial charge in [0, 0.05) is 49.7 Å². The van der Waals surface area contributed by atoms with E-state index in [-0.39, 0.29) is 46.4 Å². The summed E-state index contributed by atoms with van der Waals surface area (Å²) in [5.74, 6) is -1.36. The summed E-state index contributed by atoms with van der Waals surface area (Å²) in [6, 6.07) is 9.03. The lowest BCUT2D eigenvalue weighted by Crippen LogP contribution is -2.38. The van der Waals surface area contributed by atoms with Crippen LogP contribution in [0.25, 0.3) is 66.9 Å². The van der Waals surface area contributed by atoms with Crippen molar-refractivity contribution in [3.63, 3.8) is 0 Å². The number of carbonyl (C=O) groups excluding carboxylic acids is 2. The molecule has 4 N–H and O–H groups in total. The molecule has 1 aliphatic rings. The number of alkyl halides is 4. The highest BCUT2D eigenvalue weighted by Gasteiger charge is 2.28. The molecular weight excluding hydrogens is 871 g/mol. The molecule has 0 spiro atoms. The number of benzene rings is 2. The van der Waals surface area contributed by atoms with Gasteiger partial charge < -0.3 is 34.6 Å². The zero-order valence-electron chi connectivity index (χ0n) is 36.1. The van der Waals surface area contributed by atoms with E-state index in [9.17, 15) is 37.1 Å². The fourth-order valence-electron chi connectivity index (χ4n) is 7.96. The quantitative estimate of drug-likeness (QED) is 0.0714. The van der Waals surface area contributed by atoms with Gasteiger partial charge in [0.1, 0.15) is 56.5 Å². The highest BCUT2D eigenvalue weighted by molar-refractivity contribution is 6.05. The van der Waals surface area contributed by atoms with E-state index in [2.05, 4.69) is 54.9 Å². The number of carboxylic acids is 1. The molecule has 6 aromatic heterocycles. The molecule has 0 unspecified atom stereocenters. The van der Waals surface area contributed by atoms with Crippen LogP contribution in [0.1, 0.15) is 73.6 Å². The van der Waals surface area contributed by atoms with E-state index in [0.717, 1.165) is 25.7 Å². The van der Waals surface area contributed by atoms with Crippen molar-refractivity contribution in [3.05, 3.63) is 72.3 Å². The van der Waals surface area contributed by atoms with Crippen LogP contribution >= 0.6 is 0 Å². The number of ether oxygens (including phenoxy) is 3. The maximum atomic E-state index is 13.2. The van der Waals surface area contributed by atoms with Crippen molar-refractivity contribution >= 4 is 62.0 Å². The molecule has 0 bridgehead atoms. The minimum absolute atomic E-state index is 0.00770. The number of aromatic nitrogens is 10. The minimum Gasteiger partial charge on any atom is -0.478 e. The number of esters is 1. The van der Waals surface area contributed by atoms with Gasteiger partial charge in [-0.25, -0.2) is 24.7 Å². The predicted molar refractivity (Wildman–Crippen MR) is 231 cm³/mol. The fraction of sp³-hybridized carbons (Fsp3) is 0.341. The third kappa shape index (κ3) is 9.71. The van der Waals surface area contributed by atoms with E-state index in [1.807, 2.05) is 20.8 Å². The molecule has 8 aromatic rings. The third-order valence-electron chi connectivity index (χ3n) is 10.9. The highest BCUT2D eigenvalue weighted by Crippen LogP contribution is 2.33. The number of aromatic amines is 2. The Balaban J connectivity index is 0.000000196. The largest absolute Gasteiger partial charge is 0.478 e. The summed E-state index contributed by atoms with van der Waals surface area (Å²) in [5.41, 5.74) is 4.08. The number of fused-ring (bicyclic) bond motifs is 4. The van der Waals surface area contributed by atoms with Gasteiger partial charge in [-0.15, -0.1) is 0 Å². The van der Waals surface area contributed by atoms with Crippen LogP contribution in [-0.4, -0.2) is 97.3 Å². The van der Waals surface area contributed by atoms with Crippen molar-refractivity contribution in [2.75, 3.05) is 0 Å². The van der Waals surface area contributed by atoms with Crippen molar-refractivity contribution in [3.8, 4) is 34.3 Å². The van der Waals surface area contributed by atoms with Crippen molar-refractivity contribution in [1.82, 2.24) is 54.8 Å². The van der Waals surface area contributed by atoms with Gasteiger partial charge in [-0.2, -0.15) is 27.8 Å². The lowest BCUT2D eigenvalue weighted by atomic mass is 9.84. The maximum absolute atomic E-state index is 13.2. The average Bonchev–Trinajstić information content (AvgIpc) is 4.03. The Hall–Kier alpha value is -7.65. The fourth-order valence-corrected chi connectivity index (χ4v) is 7.96. The number of aromatic carboxylic acids is 1. The van der Waals surface area contributed by atoms with Crippen LogP contribution in [0.2, 0.25) is 0 Å². The van der Waals surface area contributed by atoms with E-state index in [1.54, 1.807) is 41.8 Å². The number of rotatable bonds is 11.